The summed E-state index contributed by atoms with van der Waals surface area (Å²) in [4.78, 5) is 24.1. The lowest BCUT2D eigenvalue weighted by Gasteiger charge is -2.33. The average Bonchev–Trinajstić information content (AvgIpc) is 2.29. The smallest absolute Gasteiger partial charge is 0.313 e. The van der Waals surface area contributed by atoms with Crippen molar-refractivity contribution in [3.63, 3.8) is 0 Å². The lowest BCUT2D eigenvalue weighted by Crippen LogP contribution is -2.49. The Morgan fingerprint density at radius 1 is 1.09 bits per heavy atom. The predicted octanol–water partition coefficient (Wildman–Crippen LogP) is 2.85. The Kier molecular flexibility index (Phi) is 5.22. The summed E-state index contributed by atoms with van der Waals surface area (Å²) in [5, 5.41) is 5.34. The topological polar surface area (TPSA) is 84.2 Å². The van der Waals surface area contributed by atoms with Gasteiger partial charge in [-0.25, -0.2) is 0 Å². The zero-order valence-electron chi connectivity index (χ0n) is 14.3. The summed E-state index contributed by atoms with van der Waals surface area (Å²) in [5.41, 5.74) is 7.22. The van der Waals surface area contributed by atoms with Gasteiger partial charge in [-0.05, 0) is 50.3 Å². The minimum atomic E-state index is -0.709. The Morgan fingerprint density at radius 3 is 2.23 bits per heavy atom. The molecule has 0 aliphatic heterocycles. The van der Waals surface area contributed by atoms with Gasteiger partial charge in [0.25, 0.3) is 0 Å². The predicted molar refractivity (Wildman–Crippen MR) is 90.5 cm³/mol. The van der Waals surface area contributed by atoms with Crippen LogP contribution in [0.2, 0.25) is 0 Å². The van der Waals surface area contributed by atoms with Crippen LogP contribution in [0.3, 0.4) is 0 Å². The molecule has 5 heteroatoms. The van der Waals surface area contributed by atoms with Crippen molar-refractivity contribution in [1.82, 2.24) is 5.32 Å². The van der Waals surface area contributed by atoms with Crippen LogP contribution in [0.4, 0.5) is 11.4 Å². The van der Waals surface area contributed by atoms with E-state index in [9.17, 15) is 9.59 Å². The number of anilines is 2. The lowest BCUT2D eigenvalue weighted by atomic mass is 9.82. The van der Waals surface area contributed by atoms with E-state index in [4.69, 9.17) is 5.73 Å². The average molecular weight is 305 g/mol. The van der Waals surface area contributed by atoms with Gasteiger partial charge >= 0.3 is 11.8 Å². The van der Waals surface area contributed by atoms with Crippen LogP contribution in [0.15, 0.2) is 18.2 Å². The number of rotatable bonds is 3. The lowest BCUT2D eigenvalue weighted by molar-refractivity contribution is -0.137. The Balaban J connectivity index is 2.73. The van der Waals surface area contributed by atoms with Gasteiger partial charge in [0.1, 0.15) is 0 Å². The van der Waals surface area contributed by atoms with Crippen LogP contribution < -0.4 is 16.4 Å². The highest BCUT2D eigenvalue weighted by Gasteiger charge is 2.29. The molecule has 1 aromatic carbocycles. The van der Waals surface area contributed by atoms with Gasteiger partial charge in [0.05, 0.1) is 11.4 Å². The maximum Gasteiger partial charge on any atom is 0.313 e. The molecular weight excluding hydrogens is 278 g/mol. The van der Waals surface area contributed by atoms with E-state index in [1.54, 1.807) is 12.1 Å². The van der Waals surface area contributed by atoms with Crippen LogP contribution in [-0.4, -0.2) is 17.4 Å². The van der Waals surface area contributed by atoms with Crippen molar-refractivity contribution >= 4 is 23.2 Å². The number of hydrogen-bond donors (Lipinski definition) is 3. The number of benzene rings is 1. The third kappa shape index (κ3) is 5.76. The van der Waals surface area contributed by atoms with Crippen molar-refractivity contribution < 1.29 is 9.59 Å². The molecule has 0 heterocycles. The first kappa shape index (κ1) is 18.0. The Labute approximate surface area is 132 Å². The van der Waals surface area contributed by atoms with Crippen LogP contribution >= 0.6 is 0 Å². The number of hydrogen-bond acceptors (Lipinski definition) is 3. The highest BCUT2D eigenvalue weighted by atomic mass is 16.2. The molecule has 0 atom stereocenters. The van der Waals surface area contributed by atoms with Crippen LogP contribution in [0, 0.1) is 12.3 Å². The van der Waals surface area contributed by atoms with Gasteiger partial charge in [0.2, 0.25) is 0 Å². The maximum absolute atomic E-state index is 12.1. The van der Waals surface area contributed by atoms with Crippen molar-refractivity contribution in [1.29, 1.82) is 0 Å². The van der Waals surface area contributed by atoms with E-state index in [0.29, 0.717) is 11.4 Å². The number of nitrogens with one attached hydrogen (secondary N) is 2. The van der Waals surface area contributed by atoms with Crippen LogP contribution in [-0.2, 0) is 9.59 Å². The number of carbonyl (C=O) groups is 2. The van der Waals surface area contributed by atoms with E-state index in [2.05, 4.69) is 31.4 Å². The van der Waals surface area contributed by atoms with Crippen molar-refractivity contribution in [3.8, 4) is 0 Å². The summed E-state index contributed by atoms with van der Waals surface area (Å²) < 4.78 is 0. The highest BCUT2D eigenvalue weighted by molar-refractivity contribution is 6.40. The zero-order valence-corrected chi connectivity index (χ0v) is 14.3. The number of carbonyl (C=O) groups excluding carboxylic acids is 2. The molecule has 0 aliphatic rings. The molecule has 1 rings (SSSR count). The first-order valence-electron chi connectivity index (χ1n) is 7.39. The molecular formula is C17H27N3O2. The monoisotopic (exact) mass is 305 g/mol. The molecule has 1 aromatic rings. The van der Waals surface area contributed by atoms with Crippen molar-refractivity contribution in [3.05, 3.63) is 23.8 Å². The fourth-order valence-electron chi connectivity index (χ4n) is 2.69. The van der Waals surface area contributed by atoms with E-state index < -0.39 is 17.4 Å². The molecule has 0 radical (unpaired) electrons. The van der Waals surface area contributed by atoms with Gasteiger partial charge in [0.15, 0.2) is 0 Å². The van der Waals surface area contributed by atoms with Gasteiger partial charge in [0, 0.05) is 5.54 Å². The molecule has 2 amide bonds. The zero-order chi connectivity index (χ0) is 17.1. The van der Waals surface area contributed by atoms with Crippen molar-refractivity contribution in [2.24, 2.45) is 5.41 Å². The third-order valence-corrected chi connectivity index (χ3v) is 3.09. The van der Waals surface area contributed by atoms with E-state index in [1.807, 2.05) is 26.8 Å². The van der Waals surface area contributed by atoms with E-state index >= 15 is 0 Å². The first-order chi connectivity index (χ1) is 9.89. The molecule has 0 spiro atoms. The minimum Gasteiger partial charge on any atom is -0.397 e. The second-order valence-electron chi connectivity index (χ2n) is 7.62. The van der Waals surface area contributed by atoms with Gasteiger partial charge in [-0.1, -0.05) is 26.8 Å². The maximum atomic E-state index is 12.1. The minimum absolute atomic E-state index is 0.0498. The fraction of sp³-hybridized carbons (Fsp3) is 0.529. The molecule has 0 unspecified atom stereocenters. The quantitative estimate of drug-likeness (QED) is 0.593. The summed E-state index contributed by atoms with van der Waals surface area (Å²) >= 11 is 0. The fourth-order valence-corrected chi connectivity index (χ4v) is 2.69. The molecule has 22 heavy (non-hydrogen) atoms. The standard InChI is InChI=1S/C17H27N3O2/c1-11-7-8-12(18)13(9-11)19-14(21)15(22)20-17(5,6)10-16(2,3)4/h7-9H,10,18H2,1-6H3,(H,19,21)(H,20,22). The molecule has 0 aliphatic carbocycles. The third-order valence-electron chi connectivity index (χ3n) is 3.09. The molecule has 5 nitrogen and oxygen atoms in total. The second kappa shape index (κ2) is 6.38. The highest BCUT2D eigenvalue weighted by Crippen LogP contribution is 2.26. The Morgan fingerprint density at radius 2 is 1.68 bits per heavy atom. The molecule has 0 bridgehead atoms. The largest absolute Gasteiger partial charge is 0.397 e. The van der Waals surface area contributed by atoms with Gasteiger partial charge in [-0.3, -0.25) is 9.59 Å². The van der Waals surface area contributed by atoms with E-state index in [0.717, 1.165) is 12.0 Å². The van der Waals surface area contributed by atoms with Gasteiger partial charge in [-0.2, -0.15) is 0 Å². The van der Waals surface area contributed by atoms with Gasteiger partial charge in [-0.15, -0.1) is 0 Å². The summed E-state index contributed by atoms with van der Waals surface area (Å²) in [6.45, 7) is 12.0. The molecule has 0 fully saturated rings. The summed E-state index contributed by atoms with van der Waals surface area (Å²) in [7, 11) is 0. The molecule has 0 saturated carbocycles. The summed E-state index contributed by atoms with van der Waals surface area (Å²) in [6.07, 6.45) is 0.756. The summed E-state index contributed by atoms with van der Waals surface area (Å²) in [5.74, 6) is -1.37. The first-order valence-corrected chi connectivity index (χ1v) is 7.39. The van der Waals surface area contributed by atoms with Gasteiger partial charge < -0.3 is 16.4 Å². The molecule has 122 valence electrons. The molecule has 0 saturated heterocycles. The normalized spacial score (nSPS) is 11.9. The number of nitrogens with two attached hydrogens (primary N) is 1. The number of nitrogen functional groups attached to an aromatic ring is 1. The van der Waals surface area contributed by atoms with Crippen molar-refractivity contribution in [2.75, 3.05) is 11.1 Å². The second-order valence-corrected chi connectivity index (χ2v) is 7.62. The van der Waals surface area contributed by atoms with E-state index in [-0.39, 0.29) is 5.41 Å². The van der Waals surface area contributed by atoms with Crippen LogP contribution in [0.25, 0.3) is 0 Å². The number of amides is 2. The van der Waals surface area contributed by atoms with Crippen LogP contribution in [0.5, 0.6) is 0 Å². The van der Waals surface area contributed by atoms with Crippen molar-refractivity contribution in [2.45, 2.75) is 53.5 Å². The number of aryl methyl sites for hydroxylation is 1. The Hall–Kier alpha value is -2.04. The van der Waals surface area contributed by atoms with Crippen LogP contribution in [0.1, 0.15) is 46.6 Å². The molecule has 0 aromatic heterocycles. The van der Waals surface area contributed by atoms with E-state index in [1.165, 1.54) is 0 Å². The molecule has 4 N–H and O–H groups in total. The summed E-state index contributed by atoms with van der Waals surface area (Å²) in [6, 6.07) is 5.28. The SMILES string of the molecule is Cc1ccc(N)c(NC(=O)C(=O)NC(C)(C)CC(C)(C)C)c1. The Bertz CT molecular complexity index is 572.